The van der Waals surface area contributed by atoms with E-state index in [0.29, 0.717) is 18.4 Å². The molecule has 0 atom stereocenters. The molecule has 0 spiro atoms. The number of hydrogen-bond donors (Lipinski definition) is 2. The number of rotatable bonds is 6. The van der Waals surface area contributed by atoms with Gasteiger partial charge in [-0.3, -0.25) is 9.59 Å². The zero-order valence-electron chi connectivity index (χ0n) is 14.1. The normalized spacial score (nSPS) is 20.7. The molecule has 0 radical (unpaired) electrons. The van der Waals surface area contributed by atoms with Crippen LogP contribution in [-0.2, 0) is 15.0 Å². The van der Waals surface area contributed by atoms with Crippen LogP contribution in [-0.4, -0.2) is 23.5 Å². The van der Waals surface area contributed by atoms with Crippen molar-refractivity contribution in [1.29, 1.82) is 0 Å². The van der Waals surface area contributed by atoms with Gasteiger partial charge in [-0.1, -0.05) is 25.3 Å². The molecule has 0 heterocycles. The number of nitrogens with one attached hydrogen (secondary N) is 1. The van der Waals surface area contributed by atoms with Crippen molar-refractivity contribution in [2.45, 2.75) is 56.8 Å². The first-order valence-corrected chi connectivity index (χ1v) is 8.83. The zero-order valence-corrected chi connectivity index (χ0v) is 14.1. The monoisotopic (exact) mass is 351 g/mol. The Balaban J connectivity index is 1.70. The summed E-state index contributed by atoms with van der Waals surface area (Å²) in [4.78, 5) is 23.7. The highest BCUT2D eigenvalue weighted by molar-refractivity contribution is 5.85. The van der Waals surface area contributed by atoms with E-state index in [2.05, 4.69) is 5.32 Å². The van der Waals surface area contributed by atoms with Crippen molar-refractivity contribution >= 4 is 11.9 Å². The third kappa shape index (κ3) is 3.39. The first-order chi connectivity index (χ1) is 11.9. The molecule has 0 unspecified atom stereocenters. The first kappa shape index (κ1) is 17.8. The minimum atomic E-state index is -0.936. The summed E-state index contributed by atoms with van der Waals surface area (Å²) in [5.41, 5.74) is -1.04. The fourth-order valence-electron chi connectivity index (χ4n) is 4.22. The summed E-state index contributed by atoms with van der Waals surface area (Å²) in [7, 11) is 0. The second-order valence-corrected chi connectivity index (χ2v) is 7.50. The van der Waals surface area contributed by atoms with Crippen LogP contribution in [0.3, 0.4) is 0 Å². The smallest absolute Gasteiger partial charge is 0.310 e. The van der Waals surface area contributed by atoms with Gasteiger partial charge in [0, 0.05) is 24.4 Å². The fraction of sp³-hybridized carbons (Fsp3) is 0.579. The number of hydrogen-bond acceptors (Lipinski definition) is 2. The molecule has 0 bridgehead atoms. The van der Waals surface area contributed by atoms with Crippen molar-refractivity contribution in [3.05, 3.63) is 35.4 Å². The fourth-order valence-corrected chi connectivity index (χ4v) is 4.22. The molecule has 2 aliphatic carbocycles. The standard InChI is InChI=1S/C19H23F2NO3/c20-13-4-5-14(15(21)10-13)19(6-1-2-7-19)12-22-16(23)11-18(17(24)25)8-3-9-18/h4-5,10H,1-3,6-9,11-12H2,(H,22,23)(H,24,25). The predicted molar refractivity (Wildman–Crippen MR) is 88.1 cm³/mol. The maximum Gasteiger partial charge on any atom is 0.310 e. The SMILES string of the molecule is O=C(CC1(C(=O)O)CCC1)NCC1(c2ccc(F)cc2F)CCCC1. The molecule has 2 saturated carbocycles. The molecule has 25 heavy (non-hydrogen) atoms. The van der Waals surface area contributed by atoms with Crippen LogP contribution < -0.4 is 5.32 Å². The van der Waals surface area contributed by atoms with E-state index in [0.717, 1.165) is 38.2 Å². The van der Waals surface area contributed by atoms with Crippen molar-refractivity contribution in [2.24, 2.45) is 5.41 Å². The van der Waals surface area contributed by atoms with Gasteiger partial charge in [-0.25, -0.2) is 8.78 Å². The van der Waals surface area contributed by atoms with E-state index in [4.69, 9.17) is 0 Å². The lowest BCUT2D eigenvalue weighted by Gasteiger charge is -2.37. The number of benzene rings is 1. The van der Waals surface area contributed by atoms with Gasteiger partial charge in [-0.15, -0.1) is 0 Å². The van der Waals surface area contributed by atoms with E-state index in [1.54, 1.807) is 0 Å². The van der Waals surface area contributed by atoms with E-state index in [9.17, 15) is 23.5 Å². The van der Waals surface area contributed by atoms with Crippen LogP contribution in [0.25, 0.3) is 0 Å². The second kappa shape index (κ2) is 6.73. The predicted octanol–water partition coefficient (Wildman–Crippen LogP) is 3.54. The highest BCUT2D eigenvalue weighted by Gasteiger charge is 2.46. The van der Waals surface area contributed by atoms with Gasteiger partial charge in [0.25, 0.3) is 0 Å². The van der Waals surface area contributed by atoms with Crippen LogP contribution in [0.5, 0.6) is 0 Å². The van der Waals surface area contributed by atoms with Gasteiger partial charge in [0.15, 0.2) is 0 Å². The molecular formula is C19H23F2NO3. The van der Waals surface area contributed by atoms with E-state index in [1.807, 2.05) is 0 Å². The highest BCUT2D eigenvalue weighted by Crippen LogP contribution is 2.45. The average Bonchev–Trinajstić information content (AvgIpc) is 2.98. The lowest BCUT2D eigenvalue weighted by atomic mass is 9.66. The molecule has 136 valence electrons. The number of halogens is 2. The van der Waals surface area contributed by atoms with Gasteiger partial charge in [0.1, 0.15) is 11.6 Å². The number of carboxylic acids is 1. The van der Waals surface area contributed by atoms with Gasteiger partial charge < -0.3 is 10.4 Å². The summed E-state index contributed by atoms with van der Waals surface area (Å²) >= 11 is 0. The molecule has 2 N–H and O–H groups in total. The summed E-state index contributed by atoms with van der Waals surface area (Å²) in [6.45, 7) is 0.254. The Morgan fingerprint density at radius 1 is 1.08 bits per heavy atom. The average molecular weight is 351 g/mol. The van der Waals surface area contributed by atoms with Crippen molar-refractivity contribution in [3.8, 4) is 0 Å². The van der Waals surface area contributed by atoms with Gasteiger partial charge >= 0.3 is 5.97 Å². The molecular weight excluding hydrogens is 328 g/mol. The van der Waals surface area contributed by atoms with Crippen LogP contribution >= 0.6 is 0 Å². The maximum absolute atomic E-state index is 14.3. The molecule has 1 aromatic carbocycles. The van der Waals surface area contributed by atoms with E-state index in [-0.39, 0.29) is 18.9 Å². The number of carboxylic acid groups (broad SMARTS) is 1. The number of amides is 1. The lowest BCUT2D eigenvalue weighted by molar-refractivity contribution is -0.157. The first-order valence-electron chi connectivity index (χ1n) is 8.83. The summed E-state index contributed by atoms with van der Waals surface area (Å²) in [6.07, 6.45) is 5.12. The molecule has 4 nitrogen and oxygen atoms in total. The Bertz CT molecular complexity index is 679. The van der Waals surface area contributed by atoms with Crippen molar-refractivity contribution < 1.29 is 23.5 Å². The van der Waals surface area contributed by atoms with Crippen LogP contribution in [0.1, 0.15) is 56.9 Å². The molecule has 1 amide bonds. The number of carbonyl (C=O) groups excluding carboxylic acids is 1. The summed E-state index contributed by atoms with van der Waals surface area (Å²) < 4.78 is 27.5. The van der Waals surface area contributed by atoms with Crippen LogP contribution in [0.2, 0.25) is 0 Å². The van der Waals surface area contributed by atoms with Gasteiger partial charge in [0.2, 0.25) is 5.91 Å². The molecule has 3 rings (SSSR count). The van der Waals surface area contributed by atoms with Crippen molar-refractivity contribution in [2.75, 3.05) is 6.54 Å². The van der Waals surface area contributed by atoms with E-state index >= 15 is 0 Å². The second-order valence-electron chi connectivity index (χ2n) is 7.50. The Kier molecular flexibility index (Phi) is 4.80. The van der Waals surface area contributed by atoms with Crippen molar-refractivity contribution in [1.82, 2.24) is 5.32 Å². The molecule has 0 aliphatic heterocycles. The van der Waals surface area contributed by atoms with Crippen LogP contribution in [0, 0.1) is 17.0 Å². The largest absolute Gasteiger partial charge is 0.481 e. The zero-order chi connectivity index (χ0) is 18.1. The van der Waals surface area contributed by atoms with E-state index < -0.39 is 28.4 Å². The Morgan fingerprint density at radius 3 is 2.28 bits per heavy atom. The summed E-state index contributed by atoms with van der Waals surface area (Å²) in [5.74, 6) is -2.44. The number of carbonyl (C=O) groups is 2. The quantitative estimate of drug-likeness (QED) is 0.824. The van der Waals surface area contributed by atoms with Crippen LogP contribution in [0.15, 0.2) is 18.2 Å². The Morgan fingerprint density at radius 2 is 1.76 bits per heavy atom. The van der Waals surface area contributed by atoms with E-state index in [1.165, 1.54) is 12.1 Å². The lowest BCUT2D eigenvalue weighted by Crippen LogP contribution is -2.45. The molecule has 2 aliphatic rings. The third-order valence-corrected chi connectivity index (χ3v) is 5.95. The van der Waals surface area contributed by atoms with Crippen molar-refractivity contribution in [3.63, 3.8) is 0 Å². The molecule has 0 aromatic heterocycles. The maximum atomic E-state index is 14.3. The minimum Gasteiger partial charge on any atom is -0.481 e. The number of aliphatic carboxylic acids is 1. The minimum absolute atomic E-state index is 0.0374. The molecule has 6 heteroatoms. The third-order valence-electron chi connectivity index (χ3n) is 5.95. The topological polar surface area (TPSA) is 66.4 Å². The molecule has 2 fully saturated rings. The van der Waals surface area contributed by atoms with Gasteiger partial charge in [-0.05, 0) is 37.3 Å². The van der Waals surface area contributed by atoms with Gasteiger partial charge in [0.05, 0.1) is 5.41 Å². The Labute approximate surface area is 145 Å². The molecule has 1 aromatic rings. The van der Waals surface area contributed by atoms with Gasteiger partial charge in [-0.2, -0.15) is 0 Å². The highest BCUT2D eigenvalue weighted by atomic mass is 19.1. The Hall–Kier alpha value is -1.98. The summed E-state index contributed by atoms with van der Waals surface area (Å²) in [5, 5.41) is 12.2. The molecule has 0 saturated heterocycles. The summed E-state index contributed by atoms with van der Waals surface area (Å²) in [6, 6.07) is 3.59. The van der Waals surface area contributed by atoms with Crippen LogP contribution in [0.4, 0.5) is 8.78 Å².